The minimum atomic E-state index is -0.514. The van der Waals surface area contributed by atoms with Gasteiger partial charge in [-0.2, -0.15) is 0 Å². The number of carbonyl (C=O) groups excluding carboxylic acids is 3. The van der Waals surface area contributed by atoms with Gasteiger partial charge in [0, 0.05) is 24.7 Å². The van der Waals surface area contributed by atoms with E-state index in [2.05, 4.69) is 5.32 Å². The van der Waals surface area contributed by atoms with Gasteiger partial charge in [0.25, 0.3) is 0 Å². The second-order valence-corrected chi connectivity index (χ2v) is 8.70. The minimum absolute atomic E-state index is 0.107. The Hall–Kier alpha value is -3.07. The highest BCUT2D eigenvalue weighted by Crippen LogP contribution is 2.46. The Morgan fingerprint density at radius 3 is 2.84 bits per heavy atom. The molecule has 1 N–H and O–H groups in total. The normalized spacial score (nSPS) is 19.6. The van der Waals surface area contributed by atoms with Crippen molar-refractivity contribution in [2.75, 3.05) is 30.2 Å². The molecule has 1 atom stereocenters. The average Bonchev–Trinajstić information content (AvgIpc) is 3.17. The van der Waals surface area contributed by atoms with Gasteiger partial charge in [-0.15, -0.1) is 11.3 Å². The Kier molecular flexibility index (Phi) is 5.05. The number of esters is 1. The SMILES string of the molecule is CCOC(=O)c1c(C2CC2)csc1NC(=O)C1CC(=O)N(c2ccc3c(c2)OCO3)C1. The second kappa shape index (κ2) is 7.88. The molecular formula is C22H22N2O6S. The summed E-state index contributed by atoms with van der Waals surface area (Å²) < 4.78 is 15.9. The van der Waals surface area contributed by atoms with E-state index >= 15 is 0 Å². The Balaban J connectivity index is 1.31. The largest absolute Gasteiger partial charge is 0.462 e. The number of amides is 2. The molecule has 0 spiro atoms. The van der Waals surface area contributed by atoms with Crippen LogP contribution in [0.1, 0.15) is 48.0 Å². The quantitative estimate of drug-likeness (QED) is 0.688. The maximum atomic E-state index is 13.0. The first-order valence-corrected chi connectivity index (χ1v) is 11.2. The number of fused-ring (bicyclic) bond motifs is 1. The third-order valence-electron chi connectivity index (χ3n) is 5.72. The van der Waals surface area contributed by atoms with Crippen molar-refractivity contribution in [3.8, 4) is 11.5 Å². The van der Waals surface area contributed by atoms with Crippen molar-refractivity contribution in [1.82, 2.24) is 0 Å². The van der Waals surface area contributed by atoms with E-state index in [9.17, 15) is 14.4 Å². The highest BCUT2D eigenvalue weighted by Gasteiger charge is 2.37. The van der Waals surface area contributed by atoms with Gasteiger partial charge in [0.1, 0.15) is 5.00 Å². The molecule has 1 saturated carbocycles. The standard InChI is InChI=1S/C22H22N2O6S/c1-2-28-22(27)19-15(12-3-4-12)10-31-21(19)23-20(26)13-7-18(25)24(9-13)14-5-6-16-17(8-14)30-11-29-16/h5-6,8,10,12-13H,2-4,7,9,11H2,1H3,(H,23,26). The first-order chi connectivity index (χ1) is 15.0. The van der Waals surface area contributed by atoms with E-state index in [0.29, 0.717) is 33.7 Å². The lowest BCUT2D eigenvalue weighted by molar-refractivity contribution is -0.122. The van der Waals surface area contributed by atoms with Crippen molar-refractivity contribution in [3.05, 3.63) is 34.7 Å². The van der Waals surface area contributed by atoms with E-state index in [1.54, 1.807) is 30.0 Å². The number of carbonyl (C=O) groups is 3. The zero-order valence-electron chi connectivity index (χ0n) is 17.0. The maximum absolute atomic E-state index is 13.0. The molecular weight excluding hydrogens is 420 g/mol. The lowest BCUT2D eigenvalue weighted by atomic mass is 10.1. The Morgan fingerprint density at radius 1 is 1.26 bits per heavy atom. The topological polar surface area (TPSA) is 94.2 Å². The molecule has 5 rings (SSSR count). The Bertz CT molecular complexity index is 1060. The van der Waals surface area contributed by atoms with E-state index < -0.39 is 11.9 Å². The summed E-state index contributed by atoms with van der Waals surface area (Å²) in [6.07, 6.45) is 2.19. The van der Waals surface area contributed by atoms with Crippen LogP contribution in [0.2, 0.25) is 0 Å². The van der Waals surface area contributed by atoms with E-state index in [0.717, 1.165) is 18.4 Å². The third-order valence-corrected chi connectivity index (χ3v) is 6.63. The number of anilines is 2. The molecule has 2 fully saturated rings. The molecule has 1 aliphatic carbocycles. The van der Waals surface area contributed by atoms with E-state index in [1.807, 2.05) is 5.38 Å². The van der Waals surface area contributed by atoms with Gasteiger partial charge >= 0.3 is 5.97 Å². The van der Waals surface area contributed by atoms with Crippen LogP contribution in [0.4, 0.5) is 10.7 Å². The first kappa shape index (κ1) is 19.9. The highest BCUT2D eigenvalue weighted by molar-refractivity contribution is 7.15. The molecule has 162 valence electrons. The summed E-state index contributed by atoms with van der Waals surface area (Å²) in [7, 11) is 0. The monoisotopic (exact) mass is 442 g/mol. The number of hydrogen-bond acceptors (Lipinski definition) is 7. The van der Waals surface area contributed by atoms with Gasteiger partial charge in [0.05, 0.1) is 18.1 Å². The molecule has 8 nitrogen and oxygen atoms in total. The van der Waals surface area contributed by atoms with Crippen molar-refractivity contribution in [2.45, 2.75) is 32.1 Å². The number of thiophene rings is 1. The van der Waals surface area contributed by atoms with Gasteiger partial charge in [-0.25, -0.2) is 4.79 Å². The van der Waals surface area contributed by atoms with Crippen LogP contribution in [0.5, 0.6) is 11.5 Å². The van der Waals surface area contributed by atoms with Crippen LogP contribution in [0.3, 0.4) is 0 Å². The molecule has 0 radical (unpaired) electrons. The molecule has 3 heterocycles. The van der Waals surface area contributed by atoms with Crippen LogP contribution in [0, 0.1) is 5.92 Å². The second-order valence-electron chi connectivity index (χ2n) is 7.82. The van der Waals surface area contributed by atoms with Gasteiger partial charge in [0.2, 0.25) is 18.6 Å². The summed E-state index contributed by atoms with van der Waals surface area (Å²) >= 11 is 1.34. The number of rotatable bonds is 6. The molecule has 2 aromatic rings. The minimum Gasteiger partial charge on any atom is -0.462 e. The molecule has 1 aromatic heterocycles. The summed E-state index contributed by atoms with van der Waals surface area (Å²) in [5, 5.41) is 5.31. The Morgan fingerprint density at radius 2 is 2.06 bits per heavy atom. The third kappa shape index (κ3) is 3.74. The predicted molar refractivity (Wildman–Crippen MR) is 114 cm³/mol. The summed E-state index contributed by atoms with van der Waals surface area (Å²) in [5.74, 6) is 0.255. The maximum Gasteiger partial charge on any atom is 0.341 e. The van der Waals surface area contributed by atoms with Gasteiger partial charge in [-0.05, 0) is 48.8 Å². The average molecular weight is 442 g/mol. The molecule has 2 aliphatic heterocycles. The van der Waals surface area contributed by atoms with Gasteiger partial charge in [-0.1, -0.05) is 0 Å². The molecule has 1 aromatic carbocycles. The predicted octanol–water partition coefficient (Wildman–Crippen LogP) is 3.52. The van der Waals surface area contributed by atoms with Crippen molar-refractivity contribution in [2.24, 2.45) is 5.92 Å². The fourth-order valence-electron chi connectivity index (χ4n) is 3.97. The molecule has 1 unspecified atom stereocenters. The van der Waals surface area contributed by atoms with Gasteiger partial charge < -0.3 is 24.4 Å². The Labute approximate surface area is 183 Å². The highest BCUT2D eigenvalue weighted by atomic mass is 32.1. The van der Waals surface area contributed by atoms with Crippen molar-refractivity contribution in [1.29, 1.82) is 0 Å². The van der Waals surface area contributed by atoms with Crippen molar-refractivity contribution in [3.63, 3.8) is 0 Å². The van der Waals surface area contributed by atoms with Crippen molar-refractivity contribution >= 4 is 39.8 Å². The zero-order chi connectivity index (χ0) is 21.5. The lowest BCUT2D eigenvalue weighted by Crippen LogP contribution is -2.28. The van der Waals surface area contributed by atoms with Crippen LogP contribution in [-0.4, -0.2) is 37.7 Å². The van der Waals surface area contributed by atoms with Crippen LogP contribution < -0.4 is 19.7 Å². The lowest BCUT2D eigenvalue weighted by Gasteiger charge is -2.17. The van der Waals surface area contributed by atoms with E-state index in [4.69, 9.17) is 14.2 Å². The molecule has 9 heteroatoms. The molecule has 2 amide bonds. The van der Waals surface area contributed by atoms with Gasteiger partial charge in [-0.3, -0.25) is 9.59 Å². The fraction of sp³-hybridized carbons (Fsp3) is 0.409. The van der Waals surface area contributed by atoms with Gasteiger partial charge in [0.15, 0.2) is 11.5 Å². The zero-order valence-corrected chi connectivity index (χ0v) is 17.8. The number of nitrogens with one attached hydrogen (secondary N) is 1. The van der Waals surface area contributed by atoms with E-state index in [-0.39, 0.29) is 38.2 Å². The number of nitrogens with zero attached hydrogens (tertiary/aromatic N) is 1. The van der Waals surface area contributed by atoms with Crippen LogP contribution in [-0.2, 0) is 14.3 Å². The summed E-state index contributed by atoms with van der Waals surface area (Å²) in [5.41, 5.74) is 2.08. The summed E-state index contributed by atoms with van der Waals surface area (Å²) in [6.45, 7) is 2.45. The molecule has 31 heavy (non-hydrogen) atoms. The molecule has 1 saturated heterocycles. The number of ether oxygens (including phenoxy) is 3. The fourth-order valence-corrected chi connectivity index (χ4v) is 5.01. The van der Waals surface area contributed by atoms with Crippen molar-refractivity contribution < 1.29 is 28.6 Å². The molecule has 0 bridgehead atoms. The summed E-state index contributed by atoms with van der Waals surface area (Å²) in [6, 6.07) is 5.29. The van der Waals surface area contributed by atoms with Crippen LogP contribution in [0.15, 0.2) is 23.6 Å². The smallest absolute Gasteiger partial charge is 0.341 e. The van der Waals surface area contributed by atoms with E-state index in [1.165, 1.54) is 11.3 Å². The van der Waals surface area contributed by atoms with Crippen LogP contribution in [0.25, 0.3) is 0 Å². The first-order valence-electron chi connectivity index (χ1n) is 10.3. The van der Waals surface area contributed by atoms with Crippen LogP contribution >= 0.6 is 11.3 Å². The summed E-state index contributed by atoms with van der Waals surface area (Å²) in [4.78, 5) is 39.7. The number of benzene rings is 1. The molecule has 3 aliphatic rings. The number of hydrogen-bond donors (Lipinski definition) is 1.